The van der Waals surface area contributed by atoms with Crippen LogP contribution in [0.15, 0.2) is 42.5 Å². The van der Waals surface area contributed by atoms with Crippen LogP contribution in [0.4, 0.5) is 5.69 Å². The molecule has 2 aromatic rings. The highest BCUT2D eigenvalue weighted by Gasteiger charge is 2.34. The average molecular weight is 509 g/mol. The third kappa shape index (κ3) is 5.60. The van der Waals surface area contributed by atoms with E-state index in [-0.39, 0.29) is 39.8 Å². The summed E-state index contributed by atoms with van der Waals surface area (Å²) in [6.07, 6.45) is 0.320. The zero-order chi connectivity index (χ0) is 25.0. The fourth-order valence-electron chi connectivity index (χ4n) is 3.76. The van der Waals surface area contributed by atoms with Crippen molar-refractivity contribution in [1.82, 2.24) is 4.90 Å². The Kier molecular flexibility index (Phi) is 7.68. The zero-order valence-corrected chi connectivity index (χ0v) is 19.7. The van der Waals surface area contributed by atoms with E-state index >= 15 is 0 Å². The van der Waals surface area contributed by atoms with Crippen molar-refractivity contribution in [2.24, 2.45) is 0 Å². The molecule has 0 aliphatic carbocycles. The summed E-state index contributed by atoms with van der Waals surface area (Å²) in [7, 11) is -3.20. The van der Waals surface area contributed by atoms with E-state index in [1.807, 2.05) is 0 Å². The number of esters is 1. The molecule has 34 heavy (non-hydrogen) atoms. The Morgan fingerprint density at radius 2 is 1.85 bits per heavy atom. The van der Waals surface area contributed by atoms with E-state index in [9.17, 15) is 32.9 Å². The first-order chi connectivity index (χ1) is 16.0. The molecule has 2 aromatic carbocycles. The molecule has 1 aliphatic heterocycles. The van der Waals surface area contributed by atoms with Crippen molar-refractivity contribution in [3.8, 4) is 0 Å². The number of amides is 1. The maximum absolute atomic E-state index is 13.0. The third-order valence-corrected chi connectivity index (χ3v) is 7.50. The smallest absolute Gasteiger partial charge is 0.339 e. The first kappa shape index (κ1) is 25.3. The number of ketones is 1. The van der Waals surface area contributed by atoms with Crippen LogP contribution < -0.4 is 0 Å². The van der Waals surface area contributed by atoms with Crippen LogP contribution in [0, 0.1) is 10.1 Å². The van der Waals surface area contributed by atoms with Gasteiger partial charge in [-0.2, -0.15) is 0 Å². The van der Waals surface area contributed by atoms with E-state index in [1.165, 1.54) is 41.3 Å². The number of halogens is 1. The summed E-state index contributed by atoms with van der Waals surface area (Å²) in [5.74, 6) is -2.28. The Morgan fingerprint density at radius 3 is 2.44 bits per heavy atom. The molecule has 0 unspecified atom stereocenters. The summed E-state index contributed by atoms with van der Waals surface area (Å²) in [5.41, 5.74) is -0.686. The molecule has 1 amide bonds. The maximum Gasteiger partial charge on any atom is 0.339 e. The van der Waals surface area contributed by atoms with E-state index in [0.717, 1.165) is 6.07 Å². The van der Waals surface area contributed by atoms with E-state index in [0.29, 0.717) is 6.42 Å². The van der Waals surface area contributed by atoms with Gasteiger partial charge in [-0.1, -0.05) is 29.8 Å². The Bertz CT molecular complexity index is 1260. The number of hydrogen-bond acceptors (Lipinski definition) is 8. The van der Waals surface area contributed by atoms with Crippen molar-refractivity contribution in [3.63, 3.8) is 0 Å². The zero-order valence-electron chi connectivity index (χ0n) is 18.1. The number of nitro benzene ring substituents is 1. The summed E-state index contributed by atoms with van der Waals surface area (Å²) in [4.78, 5) is 50.0. The Hall–Kier alpha value is -3.31. The lowest BCUT2D eigenvalue weighted by Crippen LogP contribution is -2.43. The Morgan fingerprint density at radius 1 is 1.18 bits per heavy atom. The lowest BCUT2D eigenvalue weighted by atomic mass is 9.98. The number of rotatable bonds is 8. The number of benzene rings is 2. The number of carbonyl (C=O) groups excluding carboxylic acids is 3. The first-order valence-electron chi connectivity index (χ1n) is 10.3. The summed E-state index contributed by atoms with van der Waals surface area (Å²) in [5, 5.41) is 11.0. The number of likely N-dealkylation sites (N-methyl/N-ethyl adjacent to an activating group) is 1. The first-order valence-corrected chi connectivity index (χ1v) is 12.5. The fraction of sp³-hybridized carbons (Fsp3) is 0.318. The monoisotopic (exact) mass is 508 g/mol. The normalized spacial score (nSPS) is 16.6. The van der Waals surface area contributed by atoms with Crippen molar-refractivity contribution < 1.29 is 32.5 Å². The molecule has 0 bridgehead atoms. The van der Waals surface area contributed by atoms with Crippen LogP contribution in [0.5, 0.6) is 0 Å². The predicted molar refractivity (Wildman–Crippen MR) is 123 cm³/mol. The van der Waals surface area contributed by atoms with Crippen LogP contribution in [0.2, 0.25) is 5.02 Å². The summed E-state index contributed by atoms with van der Waals surface area (Å²) in [6, 6.07) is 8.78. The molecule has 1 saturated heterocycles. The van der Waals surface area contributed by atoms with Gasteiger partial charge in [0.05, 0.1) is 22.0 Å². The molecule has 3 rings (SSSR count). The molecular weight excluding hydrogens is 488 g/mol. The van der Waals surface area contributed by atoms with E-state index < -0.39 is 50.8 Å². The van der Waals surface area contributed by atoms with E-state index in [2.05, 4.69) is 0 Å². The fourth-order valence-corrected chi connectivity index (χ4v) is 5.67. The second-order valence-corrected chi connectivity index (χ2v) is 10.2. The van der Waals surface area contributed by atoms with Crippen molar-refractivity contribution in [2.75, 3.05) is 24.7 Å². The lowest BCUT2D eigenvalue weighted by Gasteiger charge is -2.26. The quantitative estimate of drug-likeness (QED) is 0.229. The third-order valence-electron chi connectivity index (χ3n) is 5.43. The van der Waals surface area contributed by atoms with Crippen LogP contribution >= 0.6 is 11.6 Å². The second-order valence-electron chi connectivity index (χ2n) is 7.61. The molecule has 12 heteroatoms. The van der Waals surface area contributed by atoms with Gasteiger partial charge in [0.2, 0.25) is 0 Å². The van der Waals surface area contributed by atoms with Crippen LogP contribution in [-0.2, 0) is 19.4 Å². The van der Waals surface area contributed by atoms with Gasteiger partial charge in [-0.3, -0.25) is 19.7 Å². The van der Waals surface area contributed by atoms with Gasteiger partial charge < -0.3 is 9.64 Å². The minimum atomic E-state index is -3.20. The second kappa shape index (κ2) is 10.3. The number of sulfone groups is 1. The van der Waals surface area contributed by atoms with Crippen LogP contribution in [0.1, 0.15) is 39.6 Å². The number of nitrogens with zero attached hydrogens (tertiary/aromatic N) is 2. The molecule has 1 atom stereocenters. The highest BCUT2D eigenvalue weighted by Crippen LogP contribution is 2.27. The predicted octanol–water partition coefficient (Wildman–Crippen LogP) is 2.67. The molecule has 0 N–H and O–H groups in total. The number of carbonyl (C=O) groups is 3. The van der Waals surface area contributed by atoms with Crippen molar-refractivity contribution in [1.29, 1.82) is 0 Å². The Balaban J connectivity index is 1.76. The molecule has 1 aliphatic rings. The molecule has 0 aromatic heterocycles. The molecule has 180 valence electrons. The molecule has 0 spiro atoms. The maximum atomic E-state index is 13.0. The van der Waals surface area contributed by atoms with Gasteiger partial charge in [0.15, 0.2) is 22.2 Å². The molecule has 1 heterocycles. The van der Waals surface area contributed by atoms with Crippen molar-refractivity contribution in [2.45, 2.75) is 19.4 Å². The van der Waals surface area contributed by atoms with Crippen molar-refractivity contribution >= 4 is 44.8 Å². The molecule has 0 saturated carbocycles. The SMILES string of the molecule is CCN(C(=O)COC(=O)c1ccccc1C(=O)c1ccc(Cl)c([N+](=O)[O-])c1)[C@H]1CCS(=O)(=O)C1. The van der Waals surface area contributed by atoms with E-state index in [1.54, 1.807) is 6.92 Å². The van der Waals surface area contributed by atoms with Gasteiger partial charge in [-0.25, -0.2) is 13.2 Å². The molecular formula is C22H21ClN2O8S. The largest absolute Gasteiger partial charge is 0.452 e. The summed E-state index contributed by atoms with van der Waals surface area (Å²) >= 11 is 5.80. The van der Waals surface area contributed by atoms with Crippen LogP contribution in [0.25, 0.3) is 0 Å². The average Bonchev–Trinajstić information content (AvgIpc) is 3.16. The van der Waals surface area contributed by atoms with Gasteiger partial charge >= 0.3 is 5.97 Å². The molecule has 10 nitrogen and oxygen atoms in total. The standard InChI is InChI=1S/C22H21ClN2O8S/c1-2-24(15-9-10-34(31,32)13-15)20(26)12-33-22(28)17-6-4-3-5-16(17)21(27)14-7-8-18(23)19(11-14)25(29)30/h3-8,11,15H,2,9-10,12-13H2,1H3/t15-/m0/s1. The van der Waals surface area contributed by atoms with Gasteiger partial charge in [0, 0.05) is 29.8 Å². The minimum Gasteiger partial charge on any atom is -0.452 e. The van der Waals surface area contributed by atoms with Crippen LogP contribution in [-0.4, -0.2) is 66.6 Å². The van der Waals surface area contributed by atoms with Gasteiger partial charge in [0.1, 0.15) is 5.02 Å². The van der Waals surface area contributed by atoms with Gasteiger partial charge in [-0.15, -0.1) is 0 Å². The highest BCUT2D eigenvalue weighted by atomic mass is 35.5. The summed E-state index contributed by atoms with van der Waals surface area (Å²) in [6.45, 7) is 1.32. The number of nitro groups is 1. The summed E-state index contributed by atoms with van der Waals surface area (Å²) < 4.78 is 28.6. The number of ether oxygens (including phenoxy) is 1. The highest BCUT2D eigenvalue weighted by molar-refractivity contribution is 7.91. The topological polar surface area (TPSA) is 141 Å². The minimum absolute atomic E-state index is 0.000416. The molecule has 1 fully saturated rings. The Labute approximate surface area is 200 Å². The van der Waals surface area contributed by atoms with E-state index in [4.69, 9.17) is 16.3 Å². The van der Waals surface area contributed by atoms with Crippen LogP contribution in [0.3, 0.4) is 0 Å². The number of hydrogen-bond donors (Lipinski definition) is 0. The van der Waals surface area contributed by atoms with Gasteiger partial charge in [-0.05, 0) is 31.5 Å². The molecule has 0 radical (unpaired) electrons. The van der Waals surface area contributed by atoms with Gasteiger partial charge in [0.25, 0.3) is 11.6 Å². The lowest BCUT2D eigenvalue weighted by molar-refractivity contribution is -0.384. The van der Waals surface area contributed by atoms with Crippen molar-refractivity contribution in [3.05, 3.63) is 74.3 Å².